The topological polar surface area (TPSA) is 84.3 Å². The van der Waals surface area contributed by atoms with Gasteiger partial charge in [0.15, 0.2) is 0 Å². The summed E-state index contributed by atoms with van der Waals surface area (Å²) in [5.41, 5.74) is 0. The Morgan fingerprint density at radius 3 is 2.92 bits per heavy atom. The fourth-order valence-electron chi connectivity index (χ4n) is 2.41. The molecule has 3 heterocycles. The van der Waals surface area contributed by atoms with Crippen molar-refractivity contribution in [2.24, 2.45) is 0 Å². The summed E-state index contributed by atoms with van der Waals surface area (Å²) in [5.74, 6) is -0.502. The number of nitrogens with zero attached hydrogens (tertiary/aromatic N) is 3. The highest BCUT2D eigenvalue weighted by atomic mass is 32.2. The molecule has 0 atom stereocenters. The standard InChI is InChI=1S/C17H18N4O3S2/c22-15(19-5-2-7-20-9-6-18-12-20)4-8-21-16(23)14(26-17(21)24)11-13-3-1-10-25-13/h1,3,6,9-12H,2,4-5,7-8H2,(H,19,22)/b14-11-. The lowest BCUT2D eigenvalue weighted by atomic mass is 10.3. The summed E-state index contributed by atoms with van der Waals surface area (Å²) in [6, 6.07) is 3.77. The van der Waals surface area contributed by atoms with Crippen molar-refractivity contribution in [2.75, 3.05) is 13.1 Å². The van der Waals surface area contributed by atoms with Gasteiger partial charge in [-0.1, -0.05) is 6.07 Å². The summed E-state index contributed by atoms with van der Waals surface area (Å²) >= 11 is 2.42. The van der Waals surface area contributed by atoms with E-state index in [0.29, 0.717) is 11.4 Å². The Morgan fingerprint density at radius 1 is 1.31 bits per heavy atom. The summed E-state index contributed by atoms with van der Waals surface area (Å²) in [6.45, 7) is 1.41. The predicted octanol–water partition coefficient (Wildman–Crippen LogP) is 2.58. The molecule has 26 heavy (non-hydrogen) atoms. The maximum Gasteiger partial charge on any atom is 0.293 e. The first-order chi connectivity index (χ1) is 12.6. The van der Waals surface area contributed by atoms with E-state index in [1.54, 1.807) is 18.6 Å². The van der Waals surface area contributed by atoms with Gasteiger partial charge in [0.25, 0.3) is 11.1 Å². The Labute approximate surface area is 159 Å². The second-order valence-electron chi connectivity index (χ2n) is 5.60. The molecule has 0 saturated carbocycles. The van der Waals surface area contributed by atoms with Crippen LogP contribution in [0.3, 0.4) is 0 Å². The number of amides is 3. The number of imide groups is 1. The third-order valence-electron chi connectivity index (χ3n) is 3.73. The molecule has 0 aliphatic carbocycles. The number of thiophene rings is 1. The van der Waals surface area contributed by atoms with Gasteiger partial charge in [0, 0.05) is 43.3 Å². The highest BCUT2D eigenvalue weighted by molar-refractivity contribution is 8.18. The second-order valence-corrected chi connectivity index (χ2v) is 7.58. The van der Waals surface area contributed by atoms with Crippen LogP contribution < -0.4 is 5.32 Å². The van der Waals surface area contributed by atoms with Crippen molar-refractivity contribution in [1.29, 1.82) is 0 Å². The third kappa shape index (κ3) is 4.83. The van der Waals surface area contributed by atoms with Crippen LogP contribution >= 0.6 is 23.1 Å². The van der Waals surface area contributed by atoms with Crippen molar-refractivity contribution >= 4 is 46.2 Å². The number of rotatable bonds is 8. The first-order valence-corrected chi connectivity index (χ1v) is 9.84. The van der Waals surface area contributed by atoms with Crippen LogP contribution in [-0.2, 0) is 16.1 Å². The first kappa shape index (κ1) is 18.4. The Kier molecular flexibility index (Phi) is 6.24. The quantitative estimate of drug-likeness (QED) is 0.553. The molecule has 1 aliphatic rings. The maximum atomic E-state index is 12.3. The summed E-state index contributed by atoms with van der Waals surface area (Å²) < 4.78 is 1.94. The van der Waals surface area contributed by atoms with E-state index in [0.717, 1.165) is 34.5 Å². The van der Waals surface area contributed by atoms with Crippen molar-refractivity contribution in [3.05, 3.63) is 46.0 Å². The molecule has 9 heteroatoms. The van der Waals surface area contributed by atoms with Crippen LogP contribution in [0.1, 0.15) is 17.7 Å². The van der Waals surface area contributed by atoms with Crippen molar-refractivity contribution in [2.45, 2.75) is 19.4 Å². The average Bonchev–Trinajstić information content (AvgIpc) is 3.35. The van der Waals surface area contributed by atoms with Gasteiger partial charge in [0.1, 0.15) is 0 Å². The number of carbonyl (C=O) groups excluding carboxylic acids is 3. The van der Waals surface area contributed by atoms with E-state index >= 15 is 0 Å². The molecule has 0 radical (unpaired) electrons. The van der Waals surface area contributed by atoms with E-state index < -0.39 is 0 Å². The van der Waals surface area contributed by atoms with Gasteiger partial charge in [-0.15, -0.1) is 11.3 Å². The first-order valence-electron chi connectivity index (χ1n) is 8.15. The second kappa shape index (κ2) is 8.81. The van der Waals surface area contributed by atoms with Crippen LogP contribution in [0.25, 0.3) is 6.08 Å². The molecule has 136 valence electrons. The van der Waals surface area contributed by atoms with Crippen molar-refractivity contribution in [3.8, 4) is 0 Å². The average molecular weight is 390 g/mol. The number of hydrogen-bond acceptors (Lipinski definition) is 6. The smallest absolute Gasteiger partial charge is 0.293 e. The van der Waals surface area contributed by atoms with Crippen LogP contribution in [0.5, 0.6) is 0 Å². The van der Waals surface area contributed by atoms with Gasteiger partial charge in [0.2, 0.25) is 5.91 Å². The lowest BCUT2D eigenvalue weighted by Crippen LogP contribution is -2.34. The number of hydrogen-bond donors (Lipinski definition) is 1. The molecular weight excluding hydrogens is 372 g/mol. The molecule has 1 fully saturated rings. The predicted molar refractivity (Wildman–Crippen MR) is 101 cm³/mol. The number of nitrogens with one attached hydrogen (secondary N) is 1. The monoisotopic (exact) mass is 390 g/mol. The molecule has 2 aromatic heterocycles. The molecule has 1 aliphatic heterocycles. The maximum absolute atomic E-state index is 12.3. The Bertz CT molecular complexity index is 800. The van der Waals surface area contributed by atoms with E-state index in [9.17, 15) is 14.4 Å². The van der Waals surface area contributed by atoms with E-state index in [1.807, 2.05) is 28.3 Å². The van der Waals surface area contributed by atoms with Crippen molar-refractivity contribution < 1.29 is 14.4 Å². The van der Waals surface area contributed by atoms with Crippen molar-refractivity contribution in [1.82, 2.24) is 19.8 Å². The number of aryl methyl sites for hydroxylation is 1. The van der Waals surface area contributed by atoms with Crippen LogP contribution in [0.4, 0.5) is 4.79 Å². The normalized spacial score (nSPS) is 15.8. The molecular formula is C17H18N4O3S2. The van der Waals surface area contributed by atoms with E-state index in [4.69, 9.17) is 0 Å². The van der Waals surface area contributed by atoms with E-state index in [1.165, 1.54) is 11.3 Å². The molecule has 1 N–H and O–H groups in total. The summed E-state index contributed by atoms with van der Waals surface area (Å²) in [6.07, 6.45) is 7.91. The summed E-state index contributed by atoms with van der Waals surface area (Å²) in [5, 5.41) is 4.39. The number of carbonyl (C=O) groups is 3. The zero-order valence-electron chi connectivity index (χ0n) is 14.0. The van der Waals surface area contributed by atoms with Gasteiger partial charge < -0.3 is 9.88 Å². The number of aromatic nitrogens is 2. The Balaban J connectivity index is 1.41. The highest BCUT2D eigenvalue weighted by Crippen LogP contribution is 2.32. The molecule has 0 bridgehead atoms. The Morgan fingerprint density at radius 2 is 2.19 bits per heavy atom. The fourth-order valence-corrected chi connectivity index (χ4v) is 3.99. The van der Waals surface area contributed by atoms with Crippen molar-refractivity contribution in [3.63, 3.8) is 0 Å². The zero-order chi connectivity index (χ0) is 18.4. The molecule has 3 rings (SSSR count). The molecule has 0 spiro atoms. The molecule has 2 aromatic rings. The van der Waals surface area contributed by atoms with E-state index in [-0.39, 0.29) is 30.0 Å². The fraction of sp³-hybridized carbons (Fsp3) is 0.294. The van der Waals surface area contributed by atoms with Crippen LogP contribution in [-0.4, -0.2) is 44.6 Å². The van der Waals surface area contributed by atoms with Gasteiger partial charge in [0.05, 0.1) is 11.2 Å². The van der Waals surface area contributed by atoms with Crippen LogP contribution in [0.15, 0.2) is 41.1 Å². The minimum absolute atomic E-state index is 0.0970. The summed E-state index contributed by atoms with van der Waals surface area (Å²) in [4.78, 5) is 42.7. The minimum atomic E-state index is -0.332. The van der Waals surface area contributed by atoms with Gasteiger partial charge >= 0.3 is 0 Å². The largest absolute Gasteiger partial charge is 0.356 e. The lowest BCUT2D eigenvalue weighted by Gasteiger charge is -2.12. The van der Waals surface area contributed by atoms with Crippen LogP contribution in [0.2, 0.25) is 0 Å². The minimum Gasteiger partial charge on any atom is -0.356 e. The lowest BCUT2D eigenvalue weighted by molar-refractivity contribution is -0.124. The number of imidazole rings is 1. The SMILES string of the molecule is O=C(CCN1C(=O)S/C(=C\c2cccs2)C1=O)NCCCn1ccnc1. The van der Waals surface area contributed by atoms with Gasteiger partial charge in [-0.05, 0) is 35.7 Å². The van der Waals surface area contributed by atoms with Gasteiger partial charge in [-0.2, -0.15) is 0 Å². The molecule has 7 nitrogen and oxygen atoms in total. The molecule has 3 amide bonds. The Hall–Kier alpha value is -2.39. The van der Waals surface area contributed by atoms with Gasteiger partial charge in [-0.3, -0.25) is 19.3 Å². The van der Waals surface area contributed by atoms with Crippen LogP contribution in [0, 0.1) is 0 Å². The molecule has 0 unspecified atom stereocenters. The third-order valence-corrected chi connectivity index (χ3v) is 5.45. The molecule has 0 aromatic carbocycles. The van der Waals surface area contributed by atoms with Gasteiger partial charge in [-0.25, -0.2) is 4.98 Å². The van der Waals surface area contributed by atoms with E-state index in [2.05, 4.69) is 10.3 Å². The summed E-state index contributed by atoms with van der Waals surface area (Å²) in [7, 11) is 0. The molecule has 1 saturated heterocycles. The highest BCUT2D eigenvalue weighted by Gasteiger charge is 2.35. The zero-order valence-corrected chi connectivity index (χ0v) is 15.6. The number of thioether (sulfide) groups is 1.